The van der Waals surface area contributed by atoms with E-state index < -0.39 is 22.7 Å². The Bertz CT molecular complexity index is 619. The highest BCUT2D eigenvalue weighted by Gasteiger charge is 2.38. The minimum Gasteiger partial charge on any atom is -0.369 e. The van der Waals surface area contributed by atoms with Gasteiger partial charge in [0.1, 0.15) is 0 Å². The highest BCUT2D eigenvalue weighted by Crippen LogP contribution is 2.34. The van der Waals surface area contributed by atoms with E-state index in [2.05, 4.69) is 20.9 Å². The number of carbonyl (C=O) groups excluding carboxylic acids is 2. The summed E-state index contributed by atoms with van der Waals surface area (Å²) in [5.74, 6) is -1.69. The van der Waals surface area contributed by atoms with Crippen LogP contribution in [0.2, 0.25) is 0 Å². The van der Waals surface area contributed by atoms with Crippen molar-refractivity contribution >= 4 is 39.2 Å². The van der Waals surface area contributed by atoms with E-state index >= 15 is 0 Å². The largest absolute Gasteiger partial charge is 0.369 e. The molecule has 1 saturated heterocycles. The Hall–Kier alpha value is -2.03. The van der Waals surface area contributed by atoms with Gasteiger partial charge in [0.05, 0.1) is 16.5 Å². The summed E-state index contributed by atoms with van der Waals surface area (Å²) in [4.78, 5) is 38.7. The fraction of sp³-hybridized carbons (Fsp3) is 0.364. The number of primary amides is 1. The number of halogens is 1. The second-order valence-corrected chi connectivity index (χ2v) is 5.32. The maximum absolute atomic E-state index is 11.9. The molecule has 9 heteroatoms. The number of nitro groups is 1. The van der Waals surface area contributed by atoms with Crippen LogP contribution in [0.15, 0.2) is 10.5 Å². The molecule has 0 radical (unpaired) electrons. The van der Waals surface area contributed by atoms with E-state index in [-0.39, 0.29) is 24.5 Å². The van der Waals surface area contributed by atoms with Crippen LogP contribution in [0.25, 0.3) is 0 Å². The van der Waals surface area contributed by atoms with Crippen LogP contribution in [0.4, 0.5) is 11.5 Å². The van der Waals surface area contributed by atoms with E-state index in [0.29, 0.717) is 10.2 Å². The first-order valence-corrected chi connectivity index (χ1v) is 6.51. The molecule has 2 rings (SSSR count). The number of aromatic nitrogens is 1. The first-order valence-electron chi connectivity index (χ1n) is 5.72. The number of aryl methyl sites for hydroxylation is 1. The van der Waals surface area contributed by atoms with Gasteiger partial charge in [-0.25, -0.2) is 4.98 Å². The van der Waals surface area contributed by atoms with Gasteiger partial charge in [-0.05, 0) is 22.9 Å². The van der Waals surface area contributed by atoms with Gasteiger partial charge in [0.25, 0.3) is 0 Å². The summed E-state index contributed by atoms with van der Waals surface area (Å²) in [6, 6.07) is 1.29. The molecule has 1 aliphatic rings. The molecule has 1 aromatic heterocycles. The number of amides is 2. The number of rotatable bonds is 3. The predicted molar refractivity (Wildman–Crippen MR) is 73.0 cm³/mol. The number of carbonyl (C=O) groups is 2. The molecule has 2 heterocycles. The lowest BCUT2D eigenvalue weighted by Gasteiger charge is -2.16. The maximum Gasteiger partial charge on any atom is 0.313 e. The minimum atomic E-state index is -0.646. The molecule has 0 bridgehead atoms. The number of pyridine rings is 1. The molecular weight excluding hydrogens is 332 g/mol. The fourth-order valence-electron chi connectivity index (χ4n) is 1.99. The van der Waals surface area contributed by atoms with Crippen molar-refractivity contribution in [1.82, 2.24) is 4.98 Å². The van der Waals surface area contributed by atoms with Gasteiger partial charge in [-0.2, -0.15) is 0 Å². The van der Waals surface area contributed by atoms with Gasteiger partial charge in [0.2, 0.25) is 17.6 Å². The molecule has 2 N–H and O–H groups in total. The molecule has 0 saturated carbocycles. The van der Waals surface area contributed by atoms with Crippen molar-refractivity contribution < 1.29 is 14.5 Å². The van der Waals surface area contributed by atoms with Crippen LogP contribution in [-0.2, 0) is 9.59 Å². The minimum absolute atomic E-state index is 0.0169. The first kappa shape index (κ1) is 14.4. The van der Waals surface area contributed by atoms with E-state index in [9.17, 15) is 19.7 Å². The van der Waals surface area contributed by atoms with Crippen LogP contribution in [0, 0.1) is 23.0 Å². The third kappa shape index (κ3) is 2.48. The zero-order valence-electron chi connectivity index (χ0n) is 10.5. The normalized spacial score (nSPS) is 18.4. The van der Waals surface area contributed by atoms with Gasteiger partial charge in [0.15, 0.2) is 0 Å². The maximum atomic E-state index is 11.9. The molecule has 0 aromatic carbocycles. The van der Waals surface area contributed by atoms with Gasteiger partial charge in [-0.3, -0.25) is 24.6 Å². The molecule has 20 heavy (non-hydrogen) atoms. The first-order chi connectivity index (χ1) is 9.31. The molecule has 1 atom stereocenters. The third-order valence-corrected chi connectivity index (χ3v) is 3.89. The molecule has 0 aliphatic carbocycles. The summed E-state index contributed by atoms with van der Waals surface area (Å²) in [7, 11) is 0. The van der Waals surface area contributed by atoms with Crippen molar-refractivity contribution in [3.05, 3.63) is 26.3 Å². The molecular formula is C11H11BrN4O4. The molecule has 8 nitrogen and oxygen atoms in total. The molecule has 106 valence electrons. The number of hydrogen-bond donors (Lipinski definition) is 1. The van der Waals surface area contributed by atoms with Gasteiger partial charge in [-0.1, -0.05) is 0 Å². The average molecular weight is 343 g/mol. The Morgan fingerprint density at radius 1 is 1.65 bits per heavy atom. The Morgan fingerprint density at radius 2 is 2.30 bits per heavy atom. The lowest BCUT2D eigenvalue weighted by atomic mass is 10.1. The zero-order valence-corrected chi connectivity index (χ0v) is 12.1. The highest BCUT2D eigenvalue weighted by molar-refractivity contribution is 9.10. The summed E-state index contributed by atoms with van der Waals surface area (Å²) in [5, 5.41) is 11.1. The van der Waals surface area contributed by atoms with Crippen molar-refractivity contribution in [1.29, 1.82) is 0 Å². The zero-order chi connectivity index (χ0) is 15.0. The summed E-state index contributed by atoms with van der Waals surface area (Å²) < 4.78 is 0.478. The molecule has 1 aliphatic heterocycles. The van der Waals surface area contributed by atoms with Crippen LogP contribution in [0.5, 0.6) is 0 Å². The number of nitrogens with zero attached hydrogens (tertiary/aromatic N) is 3. The van der Waals surface area contributed by atoms with E-state index in [4.69, 9.17) is 5.73 Å². The smallest absolute Gasteiger partial charge is 0.313 e. The molecule has 0 spiro atoms. The van der Waals surface area contributed by atoms with Crippen molar-refractivity contribution in [2.45, 2.75) is 13.3 Å². The van der Waals surface area contributed by atoms with E-state index in [1.807, 2.05) is 0 Å². The number of anilines is 1. The summed E-state index contributed by atoms with van der Waals surface area (Å²) in [6.07, 6.45) is -0.0523. The van der Waals surface area contributed by atoms with Gasteiger partial charge in [-0.15, -0.1) is 0 Å². The van der Waals surface area contributed by atoms with E-state index in [0.717, 1.165) is 4.90 Å². The van der Waals surface area contributed by atoms with Gasteiger partial charge >= 0.3 is 5.69 Å². The van der Waals surface area contributed by atoms with Crippen molar-refractivity contribution in [3.8, 4) is 0 Å². The second-order valence-electron chi connectivity index (χ2n) is 4.46. The van der Waals surface area contributed by atoms with Gasteiger partial charge < -0.3 is 5.73 Å². The van der Waals surface area contributed by atoms with Crippen LogP contribution < -0.4 is 10.6 Å². The van der Waals surface area contributed by atoms with E-state index in [1.54, 1.807) is 6.92 Å². The summed E-state index contributed by atoms with van der Waals surface area (Å²) in [6.45, 7) is 1.67. The molecule has 1 fully saturated rings. The lowest BCUT2D eigenvalue weighted by molar-refractivity contribution is -0.384. The number of nitrogens with two attached hydrogens (primary N) is 1. The molecule has 1 unspecified atom stereocenters. The Kier molecular flexibility index (Phi) is 3.71. The number of hydrogen-bond acceptors (Lipinski definition) is 5. The SMILES string of the molecule is Cc1nc(N2CC(C(N)=O)CC2=O)c([N+](=O)[O-])cc1Br. The monoisotopic (exact) mass is 342 g/mol. The Balaban J connectivity index is 2.47. The highest BCUT2D eigenvalue weighted by atomic mass is 79.9. The third-order valence-electron chi connectivity index (χ3n) is 3.09. The summed E-state index contributed by atoms with van der Waals surface area (Å²) in [5.41, 5.74) is 5.40. The Morgan fingerprint density at radius 3 is 2.80 bits per heavy atom. The predicted octanol–water partition coefficient (Wildman–Crippen LogP) is 0.899. The van der Waals surface area contributed by atoms with Crippen molar-refractivity contribution in [2.24, 2.45) is 11.7 Å². The van der Waals surface area contributed by atoms with Gasteiger partial charge in [0, 0.05) is 23.5 Å². The second kappa shape index (κ2) is 5.16. The lowest BCUT2D eigenvalue weighted by Crippen LogP contribution is -2.29. The molecule has 1 aromatic rings. The average Bonchev–Trinajstić information content (AvgIpc) is 2.74. The van der Waals surface area contributed by atoms with Crippen LogP contribution in [0.3, 0.4) is 0 Å². The molecule has 2 amide bonds. The van der Waals surface area contributed by atoms with Crippen LogP contribution >= 0.6 is 15.9 Å². The standard InChI is InChI=1S/C11H11BrN4O4/c1-5-7(12)3-8(16(19)20)11(14-5)15-4-6(10(13)18)2-9(15)17/h3,6H,2,4H2,1H3,(H2,13,18). The van der Waals surface area contributed by atoms with Crippen molar-refractivity contribution in [3.63, 3.8) is 0 Å². The van der Waals surface area contributed by atoms with Crippen molar-refractivity contribution in [2.75, 3.05) is 11.4 Å². The summed E-state index contributed by atoms with van der Waals surface area (Å²) >= 11 is 3.16. The van der Waals surface area contributed by atoms with Crippen LogP contribution in [0.1, 0.15) is 12.1 Å². The Labute approximate surface area is 122 Å². The quantitative estimate of drug-likeness (QED) is 0.646. The van der Waals surface area contributed by atoms with Crippen LogP contribution in [-0.4, -0.2) is 28.3 Å². The van der Waals surface area contributed by atoms with E-state index in [1.165, 1.54) is 6.07 Å². The topological polar surface area (TPSA) is 119 Å². The fourth-order valence-corrected chi connectivity index (χ4v) is 2.30.